The fraction of sp³-hybridized carbons (Fsp3) is 0.333. The number of methoxy groups -OCH3 is 2. The van der Waals surface area contributed by atoms with Crippen molar-refractivity contribution in [2.24, 2.45) is 0 Å². The maximum absolute atomic E-state index is 5.09. The monoisotopic (exact) mass is 151 g/mol. The number of rotatable bonds is 3. The van der Waals surface area contributed by atoms with Gasteiger partial charge in [-0.05, 0) is 12.1 Å². The SMILES string of the molecule is COCc1cc[c]cc1OC. The number of ether oxygens (including phenoxy) is 2. The summed E-state index contributed by atoms with van der Waals surface area (Å²) in [6, 6.07) is 8.51. The number of benzene rings is 1. The van der Waals surface area contributed by atoms with Gasteiger partial charge in [0.25, 0.3) is 0 Å². The van der Waals surface area contributed by atoms with Crippen molar-refractivity contribution in [3.63, 3.8) is 0 Å². The lowest BCUT2D eigenvalue weighted by molar-refractivity contribution is 0.181. The summed E-state index contributed by atoms with van der Waals surface area (Å²) in [6.07, 6.45) is 0. The van der Waals surface area contributed by atoms with Crippen LogP contribution < -0.4 is 4.74 Å². The molecule has 59 valence electrons. The fourth-order valence-electron chi connectivity index (χ4n) is 0.912. The van der Waals surface area contributed by atoms with Crippen LogP contribution in [0.4, 0.5) is 0 Å². The van der Waals surface area contributed by atoms with E-state index in [1.807, 2.05) is 12.1 Å². The Bertz CT molecular complexity index is 221. The van der Waals surface area contributed by atoms with E-state index >= 15 is 0 Å². The molecule has 0 spiro atoms. The molecule has 1 aromatic rings. The topological polar surface area (TPSA) is 18.5 Å². The Morgan fingerprint density at radius 2 is 2.27 bits per heavy atom. The van der Waals surface area contributed by atoms with Crippen molar-refractivity contribution in [2.45, 2.75) is 6.61 Å². The minimum Gasteiger partial charge on any atom is -0.496 e. The molecule has 1 rings (SSSR count). The smallest absolute Gasteiger partial charge is 0.124 e. The van der Waals surface area contributed by atoms with Crippen LogP contribution in [0, 0.1) is 6.07 Å². The van der Waals surface area contributed by atoms with Gasteiger partial charge < -0.3 is 9.47 Å². The maximum Gasteiger partial charge on any atom is 0.124 e. The molecule has 2 heteroatoms. The molecule has 0 unspecified atom stereocenters. The summed E-state index contributed by atoms with van der Waals surface area (Å²) in [5.74, 6) is 0.828. The van der Waals surface area contributed by atoms with Gasteiger partial charge in [0.1, 0.15) is 5.75 Å². The van der Waals surface area contributed by atoms with Gasteiger partial charge in [0.05, 0.1) is 13.7 Å². The first-order chi connectivity index (χ1) is 5.38. The van der Waals surface area contributed by atoms with Crippen molar-refractivity contribution in [3.05, 3.63) is 29.8 Å². The normalized spacial score (nSPS) is 9.64. The van der Waals surface area contributed by atoms with E-state index in [2.05, 4.69) is 6.07 Å². The molecule has 0 aromatic heterocycles. The van der Waals surface area contributed by atoms with Crippen molar-refractivity contribution < 1.29 is 9.47 Å². The van der Waals surface area contributed by atoms with Crippen LogP contribution in [-0.4, -0.2) is 14.2 Å². The lowest BCUT2D eigenvalue weighted by Crippen LogP contribution is -1.92. The van der Waals surface area contributed by atoms with E-state index in [0.717, 1.165) is 11.3 Å². The Kier molecular flexibility index (Phi) is 2.93. The molecular weight excluding hydrogens is 140 g/mol. The van der Waals surface area contributed by atoms with Gasteiger partial charge in [-0.25, -0.2) is 0 Å². The van der Waals surface area contributed by atoms with E-state index in [4.69, 9.17) is 9.47 Å². The molecule has 0 aliphatic carbocycles. The first kappa shape index (κ1) is 8.08. The molecule has 0 saturated heterocycles. The maximum atomic E-state index is 5.09. The predicted octanol–water partition coefficient (Wildman–Crippen LogP) is 1.64. The third-order valence-corrected chi connectivity index (χ3v) is 1.43. The Hall–Kier alpha value is -1.02. The van der Waals surface area contributed by atoms with Gasteiger partial charge in [0.15, 0.2) is 0 Å². The van der Waals surface area contributed by atoms with Crippen molar-refractivity contribution >= 4 is 0 Å². The largest absolute Gasteiger partial charge is 0.496 e. The van der Waals surface area contributed by atoms with E-state index in [0.29, 0.717) is 6.61 Å². The lowest BCUT2D eigenvalue weighted by Gasteiger charge is -2.05. The van der Waals surface area contributed by atoms with E-state index in [-0.39, 0.29) is 0 Å². The third kappa shape index (κ3) is 1.95. The van der Waals surface area contributed by atoms with E-state index in [1.54, 1.807) is 20.3 Å². The predicted molar refractivity (Wildman–Crippen MR) is 42.5 cm³/mol. The second-order valence-electron chi connectivity index (χ2n) is 2.17. The van der Waals surface area contributed by atoms with Gasteiger partial charge in [0, 0.05) is 12.7 Å². The van der Waals surface area contributed by atoms with Crippen LogP contribution in [0.25, 0.3) is 0 Å². The zero-order valence-electron chi connectivity index (χ0n) is 6.76. The Balaban J connectivity index is 2.83. The second kappa shape index (κ2) is 3.98. The van der Waals surface area contributed by atoms with Crippen LogP contribution in [0.15, 0.2) is 18.2 Å². The molecule has 11 heavy (non-hydrogen) atoms. The van der Waals surface area contributed by atoms with Gasteiger partial charge in [0.2, 0.25) is 0 Å². The highest BCUT2D eigenvalue weighted by molar-refractivity contribution is 5.31. The summed E-state index contributed by atoms with van der Waals surface area (Å²) in [5.41, 5.74) is 1.05. The number of hydrogen-bond acceptors (Lipinski definition) is 2. The molecule has 0 atom stereocenters. The molecule has 1 aromatic carbocycles. The first-order valence-electron chi connectivity index (χ1n) is 3.40. The van der Waals surface area contributed by atoms with Gasteiger partial charge >= 0.3 is 0 Å². The van der Waals surface area contributed by atoms with Crippen molar-refractivity contribution in [3.8, 4) is 5.75 Å². The zero-order chi connectivity index (χ0) is 8.10. The van der Waals surface area contributed by atoms with Crippen molar-refractivity contribution in [1.82, 2.24) is 0 Å². The van der Waals surface area contributed by atoms with Gasteiger partial charge in [-0.2, -0.15) is 0 Å². The Labute approximate surface area is 66.8 Å². The minimum absolute atomic E-state index is 0.581. The minimum atomic E-state index is 0.581. The van der Waals surface area contributed by atoms with Gasteiger partial charge in [-0.15, -0.1) is 0 Å². The molecule has 0 aliphatic heterocycles. The van der Waals surface area contributed by atoms with Crippen LogP contribution in [0.1, 0.15) is 5.56 Å². The quantitative estimate of drug-likeness (QED) is 0.653. The molecule has 1 radical (unpaired) electrons. The summed E-state index contributed by atoms with van der Waals surface area (Å²) >= 11 is 0. The summed E-state index contributed by atoms with van der Waals surface area (Å²) in [7, 11) is 3.30. The summed E-state index contributed by atoms with van der Waals surface area (Å²) < 4.78 is 10.1. The number of hydrogen-bond donors (Lipinski definition) is 0. The molecule has 0 amide bonds. The van der Waals surface area contributed by atoms with E-state index < -0.39 is 0 Å². The van der Waals surface area contributed by atoms with Crippen molar-refractivity contribution in [2.75, 3.05) is 14.2 Å². The highest BCUT2D eigenvalue weighted by Gasteiger charge is 1.98. The van der Waals surface area contributed by atoms with Crippen LogP contribution >= 0.6 is 0 Å². The van der Waals surface area contributed by atoms with E-state index in [9.17, 15) is 0 Å². The fourth-order valence-corrected chi connectivity index (χ4v) is 0.912. The Morgan fingerprint density at radius 1 is 1.45 bits per heavy atom. The average molecular weight is 151 g/mol. The lowest BCUT2D eigenvalue weighted by atomic mass is 10.2. The van der Waals surface area contributed by atoms with Crippen LogP contribution in [0.3, 0.4) is 0 Å². The van der Waals surface area contributed by atoms with Gasteiger partial charge in [-0.3, -0.25) is 0 Å². The highest BCUT2D eigenvalue weighted by atomic mass is 16.5. The molecular formula is C9H11O2. The molecule has 0 saturated carbocycles. The average Bonchev–Trinajstić information content (AvgIpc) is 2.06. The summed E-state index contributed by atoms with van der Waals surface area (Å²) in [6.45, 7) is 0.581. The second-order valence-corrected chi connectivity index (χ2v) is 2.17. The molecule has 0 heterocycles. The molecule has 0 bridgehead atoms. The molecule has 0 aliphatic rings. The Morgan fingerprint density at radius 3 is 2.91 bits per heavy atom. The van der Waals surface area contributed by atoms with Gasteiger partial charge in [-0.1, -0.05) is 12.1 Å². The molecule has 0 fully saturated rings. The standard InChI is InChI=1S/C9H11O2/c1-10-7-8-5-3-4-6-9(8)11-2/h3,5-6H,7H2,1-2H3. The molecule has 2 nitrogen and oxygen atoms in total. The molecule has 0 N–H and O–H groups in total. The van der Waals surface area contributed by atoms with Crippen molar-refractivity contribution in [1.29, 1.82) is 0 Å². The highest BCUT2D eigenvalue weighted by Crippen LogP contribution is 2.16. The zero-order valence-corrected chi connectivity index (χ0v) is 6.76. The summed E-state index contributed by atoms with van der Waals surface area (Å²) in [4.78, 5) is 0. The van der Waals surface area contributed by atoms with Crippen LogP contribution in [-0.2, 0) is 11.3 Å². The van der Waals surface area contributed by atoms with Crippen LogP contribution in [0.5, 0.6) is 5.75 Å². The van der Waals surface area contributed by atoms with E-state index in [1.165, 1.54) is 0 Å². The summed E-state index contributed by atoms with van der Waals surface area (Å²) in [5, 5.41) is 0. The first-order valence-corrected chi connectivity index (χ1v) is 3.40. The third-order valence-electron chi connectivity index (χ3n) is 1.43. The van der Waals surface area contributed by atoms with Crippen LogP contribution in [0.2, 0.25) is 0 Å².